The lowest BCUT2D eigenvalue weighted by Crippen LogP contribution is -2.03. The van der Waals surface area contributed by atoms with Gasteiger partial charge in [-0.1, -0.05) is 6.92 Å². The molecule has 2 N–H and O–H groups in total. The van der Waals surface area contributed by atoms with Gasteiger partial charge in [-0.15, -0.1) is 0 Å². The zero-order chi connectivity index (χ0) is 13.0. The maximum atomic E-state index is 4.32. The van der Waals surface area contributed by atoms with Crippen LogP contribution in [0.2, 0.25) is 0 Å². The minimum Gasteiger partial charge on any atom is -0.370 e. The fourth-order valence-electron chi connectivity index (χ4n) is 1.53. The lowest BCUT2D eigenvalue weighted by Gasteiger charge is -2.05. The van der Waals surface area contributed by atoms with Crippen LogP contribution in [0.5, 0.6) is 0 Å². The van der Waals surface area contributed by atoms with Crippen molar-refractivity contribution in [3.63, 3.8) is 0 Å². The van der Waals surface area contributed by atoms with Crippen molar-refractivity contribution < 1.29 is 0 Å². The molecule has 0 bridgehead atoms. The maximum absolute atomic E-state index is 4.32. The van der Waals surface area contributed by atoms with E-state index in [4.69, 9.17) is 0 Å². The Kier molecular flexibility index (Phi) is 3.76. The SMILES string of the molecule is CCCNc1cc(Nc2cc(C)n(C)n2)ncn1. The highest BCUT2D eigenvalue weighted by Gasteiger charge is 2.03. The molecule has 0 unspecified atom stereocenters. The topological polar surface area (TPSA) is 67.7 Å². The normalized spacial score (nSPS) is 10.4. The predicted molar refractivity (Wildman–Crippen MR) is 72.0 cm³/mol. The van der Waals surface area contributed by atoms with Crippen LogP contribution in [0.25, 0.3) is 0 Å². The minimum absolute atomic E-state index is 0.738. The van der Waals surface area contributed by atoms with Crippen LogP contribution >= 0.6 is 0 Å². The van der Waals surface area contributed by atoms with Gasteiger partial charge in [0.1, 0.15) is 18.0 Å². The summed E-state index contributed by atoms with van der Waals surface area (Å²) in [7, 11) is 1.91. The van der Waals surface area contributed by atoms with Gasteiger partial charge in [-0.2, -0.15) is 5.10 Å². The van der Waals surface area contributed by atoms with E-state index in [9.17, 15) is 0 Å². The summed E-state index contributed by atoms with van der Waals surface area (Å²) in [4.78, 5) is 8.32. The largest absolute Gasteiger partial charge is 0.370 e. The van der Waals surface area contributed by atoms with E-state index < -0.39 is 0 Å². The summed E-state index contributed by atoms with van der Waals surface area (Å²) >= 11 is 0. The van der Waals surface area contributed by atoms with Crippen LogP contribution in [0.4, 0.5) is 17.5 Å². The third-order valence-corrected chi connectivity index (χ3v) is 2.59. The molecule has 2 heterocycles. The monoisotopic (exact) mass is 246 g/mol. The van der Waals surface area contributed by atoms with Gasteiger partial charge < -0.3 is 10.6 Å². The number of rotatable bonds is 5. The summed E-state index contributed by atoms with van der Waals surface area (Å²) in [5, 5.41) is 10.7. The fraction of sp³-hybridized carbons (Fsp3) is 0.417. The Morgan fingerprint density at radius 3 is 2.61 bits per heavy atom. The molecule has 0 aliphatic rings. The standard InChI is InChI=1S/C12H18N6/c1-4-5-13-10-7-11(15-8-14-10)16-12-6-9(2)18(3)17-12/h6-8H,4-5H2,1-3H3,(H2,13,14,15,16,17). The molecule has 0 aromatic carbocycles. The molecular formula is C12H18N6. The van der Waals surface area contributed by atoms with E-state index >= 15 is 0 Å². The first-order chi connectivity index (χ1) is 8.69. The van der Waals surface area contributed by atoms with Gasteiger partial charge in [-0.3, -0.25) is 4.68 Å². The molecule has 0 aliphatic heterocycles. The van der Waals surface area contributed by atoms with Crippen LogP contribution in [-0.2, 0) is 7.05 Å². The van der Waals surface area contributed by atoms with Gasteiger partial charge in [0, 0.05) is 31.4 Å². The molecule has 6 heteroatoms. The van der Waals surface area contributed by atoms with E-state index in [1.807, 2.05) is 30.8 Å². The number of nitrogens with one attached hydrogen (secondary N) is 2. The van der Waals surface area contributed by atoms with E-state index in [-0.39, 0.29) is 0 Å². The Bertz CT molecular complexity index is 500. The molecule has 0 radical (unpaired) electrons. The second kappa shape index (κ2) is 5.48. The molecule has 0 saturated heterocycles. The van der Waals surface area contributed by atoms with Crippen molar-refractivity contribution >= 4 is 17.5 Å². The minimum atomic E-state index is 0.738. The average molecular weight is 246 g/mol. The Labute approximate surface area is 106 Å². The first-order valence-electron chi connectivity index (χ1n) is 6.02. The molecule has 96 valence electrons. The molecule has 0 aliphatic carbocycles. The summed E-state index contributed by atoms with van der Waals surface area (Å²) in [6.07, 6.45) is 2.60. The summed E-state index contributed by atoms with van der Waals surface area (Å²) in [6.45, 7) is 5.02. The highest BCUT2D eigenvalue weighted by atomic mass is 15.3. The van der Waals surface area contributed by atoms with E-state index in [0.717, 1.165) is 36.1 Å². The van der Waals surface area contributed by atoms with Gasteiger partial charge in [0.05, 0.1) is 0 Å². The van der Waals surface area contributed by atoms with E-state index in [1.54, 1.807) is 0 Å². The first-order valence-corrected chi connectivity index (χ1v) is 6.02. The van der Waals surface area contributed by atoms with Gasteiger partial charge in [0.2, 0.25) is 0 Å². The third kappa shape index (κ3) is 2.97. The fourth-order valence-corrected chi connectivity index (χ4v) is 1.53. The van der Waals surface area contributed by atoms with Crippen LogP contribution in [0.15, 0.2) is 18.5 Å². The van der Waals surface area contributed by atoms with E-state index in [0.29, 0.717) is 0 Å². The van der Waals surface area contributed by atoms with Crippen molar-refractivity contribution in [3.05, 3.63) is 24.2 Å². The van der Waals surface area contributed by atoms with Crippen molar-refractivity contribution in [1.82, 2.24) is 19.7 Å². The summed E-state index contributed by atoms with van der Waals surface area (Å²) in [5.41, 5.74) is 1.09. The van der Waals surface area contributed by atoms with Crippen LogP contribution in [0.1, 0.15) is 19.0 Å². The number of aryl methyl sites for hydroxylation is 2. The van der Waals surface area contributed by atoms with Gasteiger partial charge >= 0.3 is 0 Å². The van der Waals surface area contributed by atoms with Gasteiger partial charge in [0.25, 0.3) is 0 Å². The van der Waals surface area contributed by atoms with E-state index in [1.165, 1.54) is 6.33 Å². The van der Waals surface area contributed by atoms with Crippen LogP contribution in [0.3, 0.4) is 0 Å². The second-order valence-corrected chi connectivity index (χ2v) is 4.13. The quantitative estimate of drug-likeness (QED) is 0.845. The number of hydrogen-bond donors (Lipinski definition) is 2. The zero-order valence-electron chi connectivity index (χ0n) is 10.9. The number of anilines is 3. The second-order valence-electron chi connectivity index (χ2n) is 4.13. The molecule has 2 aromatic rings. The number of hydrogen-bond acceptors (Lipinski definition) is 5. The lowest BCUT2D eigenvalue weighted by atomic mass is 10.4. The van der Waals surface area contributed by atoms with Crippen molar-refractivity contribution in [2.24, 2.45) is 7.05 Å². The van der Waals surface area contributed by atoms with Gasteiger partial charge in [0.15, 0.2) is 5.82 Å². The number of aromatic nitrogens is 4. The van der Waals surface area contributed by atoms with Crippen molar-refractivity contribution in [3.8, 4) is 0 Å². The molecule has 2 aromatic heterocycles. The molecule has 6 nitrogen and oxygen atoms in total. The summed E-state index contributed by atoms with van der Waals surface area (Å²) < 4.78 is 1.82. The Hall–Kier alpha value is -2.11. The van der Waals surface area contributed by atoms with Crippen molar-refractivity contribution in [1.29, 1.82) is 0 Å². The molecule has 18 heavy (non-hydrogen) atoms. The Morgan fingerprint density at radius 1 is 1.17 bits per heavy atom. The summed E-state index contributed by atoms with van der Waals surface area (Å²) in [6, 6.07) is 3.85. The number of nitrogens with zero attached hydrogens (tertiary/aromatic N) is 4. The Morgan fingerprint density at radius 2 is 1.94 bits per heavy atom. The lowest BCUT2D eigenvalue weighted by molar-refractivity contribution is 0.743. The average Bonchev–Trinajstić information content (AvgIpc) is 2.66. The highest BCUT2D eigenvalue weighted by Crippen LogP contribution is 2.15. The summed E-state index contributed by atoms with van der Waals surface area (Å²) in [5.74, 6) is 2.35. The maximum Gasteiger partial charge on any atom is 0.153 e. The van der Waals surface area contributed by atoms with Gasteiger partial charge in [-0.25, -0.2) is 9.97 Å². The molecule has 0 spiro atoms. The predicted octanol–water partition coefficient (Wildman–Crippen LogP) is 2.08. The molecule has 0 amide bonds. The first kappa shape index (κ1) is 12.3. The Balaban J connectivity index is 2.09. The zero-order valence-corrected chi connectivity index (χ0v) is 10.9. The van der Waals surface area contributed by atoms with Crippen molar-refractivity contribution in [2.45, 2.75) is 20.3 Å². The molecule has 2 rings (SSSR count). The molecule has 0 fully saturated rings. The smallest absolute Gasteiger partial charge is 0.153 e. The van der Waals surface area contributed by atoms with E-state index in [2.05, 4.69) is 32.6 Å². The van der Waals surface area contributed by atoms with Crippen LogP contribution in [0, 0.1) is 6.92 Å². The van der Waals surface area contributed by atoms with Crippen LogP contribution in [-0.4, -0.2) is 26.3 Å². The molecule has 0 saturated carbocycles. The third-order valence-electron chi connectivity index (χ3n) is 2.59. The molecular weight excluding hydrogens is 228 g/mol. The highest BCUT2D eigenvalue weighted by molar-refractivity contribution is 5.55. The van der Waals surface area contributed by atoms with Gasteiger partial charge in [-0.05, 0) is 13.3 Å². The van der Waals surface area contributed by atoms with Crippen LogP contribution < -0.4 is 10.6 Å². The molecule has 0 atom stereocenters. The van der Waals surface area contributed by atoms with Crippen molar-refractivity contribution in [2.75, 3.05) is 17.2 Å².